The minimum atomic E-state index is -0.641. The zero-order valence-corrected chi connectivity index (χ0v) is 20.1. The van der Waals surface area contributed by atoms with Crippen LogP contribution < -0.4 is 19.6 Å². The molecular weight excluding hydrogens is 436 g/mol. The van der Waals surface area contributed by atoms with Crippen molar-refractivity contribution in [2.45, 2.75) is 39.8 Å². The monoisotopic (exact) mass is 462 g/mol. The second-order valence-electron chi connectivity index (χ2n) is 8.22. The molecule has 2 aromatic carbocycles. The highest BCUT2D eigenvalue weighted by molar-refractivity contribution is 7.07. The number of methoxy groups -OCH3 is 1. The van der Waals surface area contributed by atoms with Crippen molar-refractivity contribution >= 4 is 23.4 Å². The fraction of sp³-hybridized carbons (Fsp3) is 0.269. The van der Waals surface area contributed by atoms with Crippen LogP contribution in [-0.4, -0.2) is 23.8 Å². The minimum Gasteiger partial charge on any atom is -0.497 e. The predicted molar refractivity (Wildman–Crippen MR) is 129 cm³/mol. The van der Waals surface area contributed by atoms with Crippen molar-refractivity contribution in [1.82, 2.24) is 4.57 Å². The molecule has 6 nitrogen and oxygen atoms in total. The molecule has 1 aromatic heterocycles. The summed E-state index contributed by atoms with van der Waals surface area (Å²) in [6, 6.07) is 14.7. The second kappa shape index (κ2) is 9.19. The molecule has 0 fully saturated rings. The molecule has 0 N–H and O–H groups in total. The quantitative estimate of drug-likeness (QED) is 0.544. The molecule has 1 atom stereocenters. The number of fused-ring (bicyclic) bond motifs is 1. The van der Waals surface area contributed by atoms with Crippen LogP contribution in [0.2, 0.25) is 0 Å². The van der Waals surface area contributed by atoms with Gasteiger partial charge in [-0.1, -0.05) is 53.3 Å². The van der Waals surface area contributed by atoms with Gasteiger partial charge >= 0.3 is 5.97 Å². The van der Waals surface area contributed by atoms with E-state index in [0.717, 1.165) is 16.7 Å². The molecule has 0 radical (unpaired) electrons. The van der Waals surface area contributed by atoms with Crippen LogP contribution in [0.25, 0.3) is 6.08 Å². The lowest BCUT2D eigenvalue weighted by molar-refractivity contribution is -0.143. The number of nitrogens with zero attached hydrogens (tertiary/aromatic N) is 2. The maximum absolute atomic E-state index is 13.6. The third-order valence-electron chi connectivity index (χ3n) is 5.36. The zero-order valence-electron chi connectivity index (χ0n) is 19.3. The summed E-state index contributed by atoms with van der Waals surface area (Å²) in [5.74, 6) is 0.220. The Kier molecular flexibility index (Phi) is 6.33. The van der Waals surface area contributed by atoms with Crippen molar-refractivity contribution < 1.29 is 14.3 Å². The molecular formula is C26H26N2O4S. The summed E-state index contributed by atoms with van der Waals surface area (Å²) in [5.41, 5.74) is 3.55. The lowest BCUT2D eigenvalue weighted by atomic mass is 9.96. The van der Waals surface area contributed by atoms with Crippen LogP contribution in [0, 0.1) is 6.92 Å². The number of carbonyl (C=O) groups is 1. The molecule has 0 unspecified atom stereocenters. The second-order valence-corrected chi connectivity index (χ2v) is 9.23. The Morgan fingerprint density at radius 3 is 2.52 bits per heavy atom. The van der Waals surface area contributed by atoms with Gasteiger partial charge in [-0.2, -0.15) is 0 Å². The Labute approximate surface area is 196 Å². The van der Waals surface area contributed by atoms with Gasteiger partial charge in [-0.3, -0.25) is 9.36 Å². The normalized spacial score (nSPS) is 15.9. The Morgan fingerprint density at radius 1 is 1.15 bits per heavy atom. The van der Waals surface area contributed by atoms with Crippen molar-refractivity contribution in [2.24, 2.45) is 4.99 Å². The summed E-state index contributed by atoms with van der Waals surface area (Å²) in [5, 5.41) is 0. The standard InChI is InChI=1S/C26H26N2O4S/c1-15(2)32-25(30)22-17(4)27-26-28(23(22)19-9-11-20(31-5)12-10-19)24(29)21(33-26)14-18-8-6-7-16(3)13-18/h6-15,23H,1-5H3/b21-14-/t23-/m1/s1. The first-order chi connectivity index (χ1) is 15.8. The van der Waals surface area contributed by atoms with Crippen molar-refractivity contribution in [3.63, 3.8) is 0 Å². The smallest absolute Gasteiger partial charge is 0.338 e. The number of thiazole rings is 1. The maximum atomic E-state index is 13.6. The third-order valence-corrected chi connectivity index (χ3v) is 6.34. The Bertz CT molecular complexity index is 1410. The molecule has 0 amide bonds. The van der Waals surface area contributed by atoms with E-state index in [2.05, 4.69) is 4.99 Å². The molecule has 1 aliphatic heterocycles. The van der Waals surface area contributed by atoms with E-state index in [4.69, 9.17) is 9.47 Å². The van der Waals surface area contributed by atoms with Gasteiger partial charge < -0.3 is 9.47 Å². The molecule has 33 heavy (non-hydrogen) atoms. The van der Waals surface area contributed by atoms with Crippen LogP contribution in [0.1, 0.15) is 43.5 Å². The highest BCUT2D eigenvalue weighted by Gasteiger charge is 2.33. The van der Waals surface area contributed by atoms with E-state index < -0.39 is 12.0 Å². The average Bonchev–Trinajstić information content (AvgIpc) is 3.07. The van der Waals surface area contributed by atoms with Gasteiger partial charge in [-0.15, -0.1) is 0 Å². The van der Waals surface area contributed by atoms with E-state index in [1.165, 1.54) is 11.3 Å². The topological polar surface area (TPSA) is 69.9 Å². The van der Waals surface area contributed by atoms with E-state index in [1.807, 2.05) is 61.5 Å². The first-order valence-corrected chi connectivity index (χ1v) is 11.5. The molecule has 170 valence electrons. The van der Waals surface area contributed by atoms with Gasteiger partial charge in [-0.05, 0) is 57.0 Å². The SMILES string of the molecule is COc1ccc([C@@H]2C(C(=O)OC(C)C)=C(C)N=c3s/c(=C\c4cccc(C)c4)c(=O)n32)cc1. The molecule has 7 heteroatoms. The van der Waals surface area contributed by atoms with Crippen LogP contribution in [0.3, 0.4) is 0 Å². The summed E-state index contributed by atoms with van der Waals surface area (Å²) >= 11 is 1.32. The van der Waals surface area contributed by atoms with Gasteiger partial charge in [0.1, 0.15) is 5.75 Å². The summed E-state index contributed by atoms with van der Waals surface area (Å²) in [7, 11) is 1.60. The lowest BCUT2D eigenvalue weighted by Gasteiger charge is -2.25. The van der Waals surface area contributed by atoms with Gasteiger partial charge in [0.05, 0.1) is 35.1 Å². The molecule has 0 saturated heterocycles. The number of hydrogen-bond acceptors (Lipinski definition) is 6. The maximum Gasteiger partial charge on any atom is 0.338 e. The molecule has 3 aromatic rings. The van der Waals surface area contributed by atoms with Crippen LogP contribution in [-0.2, 0) is 9.53 Å². The summed E-state index contributed by atoms with van der Waals surface area (Å²) < 4.78 is 13.0. The molecule has 0 bridgehead atoms. The number of carbonyl (C=O) groups excluding carboxylic acids is 1. The summed E-state index contributed by atoms with van der Waals surface area (Å²) in [4.78, 5) is 31.9. The van der Waals surface area contributed by atoms with Gasteiger partial charge in [0.25, 0.3) is 5.56 Å². The van der Waals surface area contributed by atoms with Crippen molar-refractivity contribution in [3.05, 3.63) is 96.2 Å². The molecule has 1 aliphatic rings. The highest BCUT2D eigenvalue weighted by Crippen LogP contribution is 2.31. The van der Waals surface area contributed by atoms with Gasteiger partial charge in [0.15, 0.2) is 4.80 Å². The number of benzene rings is 2. The van der Waals surface area contributed by atoms with E-state index in [-0.39, 0.29) is 11.7 Å². The number of rotatable bonds is 5. The number of hydrogen-bond donors (Lipinski definition) is 0. The molecule has 4 rings (SSSR count). The fourth-order valence-corrected chi connectivity index (χ4v) is 4.92. The number of aryl methyl sites for hydroxylation is 1. The van der Waals surface area contributed by atoms with E-state index in [0.29, 0.717) is 26.4 Å². The van der Waals surface area contributed by atoms with Gasteiger partial charge in [-0.25, -0.2) is 9.79 Å². The van der Waals surface area contributed by atoms with Crippen LogP contribution in [0.15, 0.2) is 69.6 Å². The zero-order chi connectivity index (χ0) is 23.7. The van der Waals surface area contributed by atoms with Crippen LogP contribution in [0.5, 0.6) is 5.75 Å². The van der Waals surface area contributed by atoms with Crippen molar-refractivity contribution in [2.75, 3.05) is 7.11 Å². The summed E-state index contributed by atoms with van der Waals surface area (Å²) in [6.07, 6.45) is 1.58. The van der Waals surface area contributed by atoms with Crippen LogP contribution in [0.4, 0.5) is 0 Å². The molecule has 0 saturated carbocycles. The Balaban J connectivity index is 1.94. The Morgan fingerprint density at radius 2 is 1.88 bits per heavy atom. The summed E-state index contributed by atoms with van der Waals surface area (Å²) in [6.45, 7) is 7.39. The minimum absolute atomic E-state index is 0.191. The fourth-order valence-electron chi connectivity index (χ4n) is 3.87. The number of ether oxygens (including phenoxy) is 2. The van der Waals surface area contributed by atoms with E-state index in [1.54, 1.807) is 32.4 Å². The average molecular weight is 463 g/mol. The lowest BCUT2D eigenvalue weighted by Crippen LogP contribution is -2.40. The third kappa shape index (κ3) is 4.54. The number of allylic oxidation sites excluding steroid dienone is 1. The van der Waals surface area contributed by atoms with E-state index >= 15 is 0 Å². The number of aromatic nitrogens is 1. The van der Waals surface area contributed by atoms with Gasteiger partial charge in [0, 0.05) is 0 Å². The van der Waals surface area contributed by atoms with Crippen LogP contribution >= 0.6 is 11.3 Å². The van der Waals surface area contributed by atoms with Crippen molar-refractivity contribution in [3.8, 4) is 5.75 Å². The van der Waals surface area contributed by atoms with E-state index in [9.17, 15) is 9.59 Å². The predicted octanol–water partition coefficient (Wildman–Crippen LogP) is 3.50. The molecule has 2 heterocycles. The largest absolute Gasteiger partial charge is 0.497 e. The first-order valence-electron chi connectivity index (χ1n) is 10.7. The Hall–Kier alpha value is -3.45. The number of esters is 1. The van der Waals surface area contributed by atoms with Gasteiger partial charge in [0.2, 0.25) is 0 Å². The molecule has 0 spiro atoms. The molecule has 0 aliphatic carbocycles. The highest BCUT2D eigenvalue weighted by atomic mass is 32.1. The first kappa shape index (κ1) is 22.7. The van der Waals surface area contributed by atoms with Crippen molar-refractivity contribution in [1.29, 1.82) is 0 Å².